The van der Waals surface area contributed by atoms with Gasteiger partial charge in [-0.1, -0.05) is 18.2 Å². The summed E-state index contributed by atoms with van der Waals surface area (Å²) in [6, 6.07) is 11.9. The number of ether oxygens (including phenoxy) is 1. The summed E-state index contributed by atoms with van der Waals surface area (Å²) in [7, 11) is 0. The summed E-state index contributed by atoms with van der Waals surface area (Å²) in [6.07, 6.45) is 4.50. The third-order valence-corrected chi connectivity index (χ3v) is 2.54. The number of pyridine rings is 1. The van der Waals surface area contributed by atoms with Gasteiger partial charge in [-0.2, -0.15) is 0 Å². The maximum atomic E-state index is 5.64. The summed E-state index contributed by atoms with van der Waals surface area (Å²) in [5, 5.41) is 0. The number of nitrogens with zero attached hydrogens (tertiary/aromatic N) is 1. The molecule has 1 heterocycles. The zero-order valence-electron chi connectivity index (χ0n) is 9.67. The van der Waals surface area contributed by atoms with E-state index in [1.165, 1.54) is 5.56 Å². The molecule has 0 unspecified atom stereocenters. The second-order valence-corrected chi connectivity index (χ2v) is 3.81. The first kappa shape index (κ1) is 11.6. The van der Waals surface area contributed by atoms with E-state index in [1.54, 1.807) is 6.20 Å². The molecule has 0 amide bonds. The van der Waals surface area contributed by atoms with Crippen LogP contribution in [-0.4, -0.2) is 11.6 Å². The van der Waals surface area contributed by atoms with Crippen molar-refractivity contribution in [2.24, 2.45) is 5.73 Å². The van der Waals surface area contributed by atoms with Gasteiger partial charge >= 0.3 is 0 Å². The Kier molecular flexibility index (Phi) is 4.11. The van der Waals surface area contributed by atoms with Crippen LogP contribution in [-0.2, 0) is 13.0 Å². The van der Waals surface area contributed by atoms with Crippen molar-refractivity contribution < 1.29 is 4.74 Å². The highest BCUT2D eigenvalue weighted by molar-refractivity contribution is 5.27. The lowest BCUT2D eigenvalue weighted by Gasteiger charge is -2.06. The Balaban J connectivity index is 1.82. The largest absolute Gasteiger partial charge is 0.493 e. The first-order chi connectivity index (χ1) is 8.38. The van der Waals surface area contributed by atoms with Crippen LogP contribution in [0.25, 0.3) is 0 Å². The van der Waals surface area contributed by atoms with Gasteiger partial charge in [-0.3, -0.25) is 4.98 Å². The quantitative estimate of drug-likeness (QED) is 0.853. The van der Waals surface area contributed by atoms with Gasteiger partial charge in [0.1, 0.15) is 5.75 Å². The average molecular weight is 228 g/mol. The van der Waals surface area contributed by atoms with E-state index in [1.807, 2.05) is 42.6 Å². The lowest BCUT2D eigenvalue weighted by molar-refractivity contribution is 0.321. The molecule has 3 nitrogen and oxygen atoms in total. The summed E-state index contributed by atoms with van der Waals surface area (Å²) < 4.78 is 5.64. The van der Waals surface area contributed by atoms with E-state index >= 15 is 0 Å². The molecule has 1 aromatic heterocycles. The Morgan fingerprint density at radius 1 is 1.06 bits per heavy atom. The van der Waals surface area contributed by atoms with E-state index in [4.69, 9.17) is 10.5 Å². The fourth-order valence-corrected chi connectivity index (χ4v) is 1.55. The van der Waals surface area contributed by atoms with Crippen LogP contribution in [0, 0.1) is 0 Å². The Bertz CT molecular complexity index is 440. The maximum Gasteiger partial charge on any atom is 0.119 e. The molecule has 2 aromatic rings. The van der Waals surface area contributed by atoms with E-state index in [0.717, 1.165) is 17.7 Å². The van der Waals surface area contributed by atoms with Crippen molar-refractivity contribution in [2.45, 2.75) is 13.0 Å². The second-order valence-electron chi connectivity index (χ2n) is 3.81. The number of aromatic nitrogens is 1. The molecule has 0 saturated carbocycles. The number of nitrogens with two attached hydrogens (primary N) is 1. The maximum absolute atomic E-state index is 5.64. The number of benzene rings is 1. The highest BCUT2D eigenvalue weighted by Gasteiger charge is 1.96. The summed E-state index contributed by atoms with van der Waals surface area (Å²) >= 11 is 0. The van der Waals surface area contributed by atoms with Gasteiger partial charge < -0.3 is 10.5 Å². The average Bonchev–Trinajstić information content (AvgIpc) is 2.41. The predicted molar refractivity (Wildman–Crippen MR) is 67.8 cm³/mol. The summed E-state index contributed by atoms with van der Waals surface area (Å²) in [6.45, 7) is 1.23. The normalized spacial score (nSPS) is 10.2. The monoisotopic (exact) mass is 228 g/mol. The molecule has 0 saturated heterocycles. The Morgan fingerprint density at radius 3 is 2.53 bits per heavy atom. The van der Waals surface area contributed by atoms with Crippen LogP contribution < -0.4 is 10.5 Å². The molecule has 2 rings (SSSR count). The first-order valence-corrected chi connectivity index (χ1v) is 5.69. The van der Waals surface area contributed by atoms with Crippen LogP contribution in [0.2, 0.25) is 0 Å². The van der Waals surface area contributed by atoms with Gasteiger partial charge in [-0.05, 0) is 29.3 Å². The van der Waals surface area contributed by atoms with Crippen molar-refractivity contribution in [3.63, 3.8) is 0 Å². The molecule has 17 heavy (non-hydrogen) atoms. The Labute approximate surface area is 101 Å². The molecule has 0 atom stereocenters. The minimum Gasteiger partial charge on any atom is -0.493 e. The van der Waals surface area contributed by atoms with Gasteiger partial charge in [-0.15, -0.1) is 0 Å². The molecular weight excluding hydrogens is 212 g/mol. The molecule has 0 radical (unpaired) electrons. The van der Waals surface area contributed by atoms with E-state index in [9.17, 15) is 0 Å². The number of hydrogen-bond acceptors (Lipinski definition) is 3. The molecule has 88 valence electrons. The first-order valence-electron chi connectivity index (χ1n) is 5.69. The third kappa shape index (κ3) is 3.57. The second kappa shape index (κ2) is 6.01. The number of hydrogen-bond donors (Lipinski definition) is 1. The Morgan fingerprint density at radius 2 is 1.88 bits per heavy atom. The molecular formula is C14H16N2O. The van der Waals surface area contributed by atoms with Crippen LogP contribution >= 0.6 is 0 Å². The summed E-state index contributed by atoms with van der Waals surface area (Å²) in [5.74, 6) is 0.881. The molecule has 0 fully saturated rings. The minimum absolute atomic E-state index is 0.565. The molecule has 2 N–H and O–H groups in total. The molecule has 0 aliphatic rings. The van der Waals surface area contributed by atoms with Gasteiger partial charge in [0.25, 0.3) is 0 Å². The highest BCUT2D eigenvalue weighted by Crippen LogP contribution is 2.12. The summed E-state index contributed by atoms with van der Waals surface area (Å²) in [5.41, 5.74) is 7.83. The standard InChI is InChI=1S/C14H16N2O/c15-10-12-3-5-14(6-4-12)17-9-7-13-2-1-8-16-11-13/h1-6,8,11H,7,9-10,15H2. The van der Waals surface area contributed by atoms with Crippen LogP contribution in [0.3, 0.4) is 0 Å². The van der Waals surface area contributed by atoms with Gasteiger partial charge in [0, 0.05) is 25.4 Å². The van der Waals surface area contributed by atoms with Crippen LogP contribution in [0.1, 0.15) is 11.1 Å². The predicted octanol–water partition coefficient (Wildman–Crippen LogP) is 2.16. The van der Waals surface area contributed by atoms with Crippen LogP contribution in [0.15, 0.2) is 48.8 Å². The van der Waals surface area contributed by atoms with Gasteiger partial charge in [0.2, 0.25) is 0 Å². The molecule has 1 aromatic carbocycles. The lowest BCUT2D eigenvalue weighted by Crippen LogP contribution is -2.02. The molecule has 0 bridgehead atoms. The summed E-state index contributed by atoms with van der Waals surface area (Å²) in [4.78, 5) is 4.06. The molecule has 3 heteroatoms. The molecule has 0 spiro atoms. The van der Waals surface area contributed by atoms with Crippen molar-refractivity contribution in [3.05, 3.63) is 59.9 Å². The van der Waals surface area contributed by atoms with Crippen molar-refractivity contribution >= 4 is 0 Å². The van der Waals surface area contributed by atoms with E-state index in [2.05, 4.69) is 4.98 Å². The zero-order chi connectivity index (χ0) is 11.9. The van der Waals surface area contributed by atoms with Gasteiger partial charge in [0.05, 0.1) is 6.61 Å². The van der Waals surface area contributed by atoms with Crippen molar-refractivity contribution in [1.29, 1.82) is 0 Å². The number of rotatable bonds is 5. The third-order valence-electron chi connectivity index (χ3n) is 2.54. The van der Waals surface area contributed by atoms with Gasteiger partial charge in [-0.25, -0.2) is 0 Å². The lowest BCUT2D eigenvalue weighted by atomic mass is 10.2. The van der Waals surface area contributed by atoms with E-state index in [0.29, 0.717) is 13.2 Å². The van der Waals surface area contributed by atoms with Crippen molar-refractivity contribution in [3.8, 4) is 5.75 Å². The molecule has 0 aliphatic carbocycles. The fraction of sp³-hybridized carbons (Fsp3) is 0.214. The smallest absolute Gasteiger partial charge is 0.119 e. The topological polar surface area (TPSA) is 48.1 Å². The SMILES string of the molecule is NCc1ccc(OCCc2cccnc2)cc1. The van der Waals surface area contributed by atoms with Gasteiger partial charge in [0.15, 0.2) is 0 Å². The molecule has 0 aliphatic heterocycles. The van der Waals surface area contributed by atoms with E-state index < -0.39 is 0 Å². The minimum atomic E-state index is 0.565. The Hall–Kier alpha value is -1.87. The van der Waals surface area contributed by atoms with Crippen LogP contribution in [0.4, 0.5) is 0 Å². The fourth-order valence-electron chi connectivity index (χ4n) is 1.55. The zero-order valence-corrected chi connectivity index (χ0v) is 9.67. The van der Waals surface area contributed by atoms with Crippen molar-refractivity contribution in [1.82, 2.24) is 4.98 Å². The highest BCUT2D eigenvalue weighted by atomic mass is 16.5. The van der Waals surface area contributed by atoms with E-state index in [-0.39, 0.29) is 0 Å². The van der Waals surface area contributed by atoms with Crippen molar-refractivity contribution in [2.75, 3.05) is 6.61 Å². The van der Waals surface area contributed by atoms with Crippen LogP contribution in [0.5, 0.6) is 5.75 Å².